The summed E-state index contributed by atoms with van der Waals surface area (Å²) < 4.78 is 6.49. The summed E-state index contributed by atoms with van der Waals surface area (Å²) in [6.07, 6.45) is 0. The maximum atomic E-state index is 12.7. The second-order valence-electron chi connectivity index (χ2n) is 5.96. The van der Waals surface area contributed by atoms with Crippen LogP contribution in [-0.4, -0.2) is 28.9 Å². The fourth-order valence-corrected chi connectivity index (χ4v) is 3.45. The molecule has 0 saturated carbocycles. The van der Waals surface area contributed by atoms with E-state index in [2.05, 4.69) is 31.2 Å². The molecule has 0 saturated heterocycles. The van der Waals surface area contributed by atoms with Crippen molar-refractivity contribution in [1.29, 1.82) is 0 Å². The third-order valence-corrected chi connectivity index (χ3v) is 5.62. The largest absolute Gasteiger partial charge is 0.277 e. The Balaban J connectivity index is 2.01. The van der Waals surface area contributed by atoms with Gasteiger partial charge < -0.3 is 0 Å². The Morgan fingerprint density at radius 2 is 1.92 bits per heavy atom. The van der Waals surface area contributed by atoms with Gasteiger partial charge in [-0.3, -0.25) is 18.4 Å². The van der Waals surface area contributed by atoms with Crippen molar-refractivity contribution in [2.45, 2.75) is 33.9 Å². The van der Waals surface area contributed by atoms with Crippen LogP contribution in [0.3, 0.4) is 0 Å². The van der Waals surface area contributed by atoms with Gasteiger partial charge >= 0.3 is 0 Å². The monoisotopic (exact) mass is 400 g/mol. The third-order valence-electron chi connectivity index (χ3n) is 4.48. The fraction of sp³-hybridized carbons (Fsp3) is 0.294. The molecule has 25 heavy (non-hydrogen) atoms. The van der Waals surface area contributed by atoms with Gasteiger partial charge in [0, 0.05) is 6.54 Å². The summed E-state index contributed by atoms with van der Waals surface area (Å²) in [5.74, 6) is 1.30. The molecule has 4 aromatic rings. The van der Waals surface area contributed by atoms with Crippen molar-refractivity contribution in [3.8, 4) is 0 Å². The summed E-state index contributed by atoms with van der Waals surface area (Å²) in [4.78, 5) is 12.7. The molecule has 4 rings (SSSR count). The Kier molecular flexibility index (Phi) is 3.72. The number of rotatable bonds is 3. The maximum Gasteiger partial charge on any atom is 0.262 e. The normalized spacial score (nSPS) is 11.7. The Labute approximate surface area is 152 Å². The number of hydrogen-bond acceptors (Lipinski definition) is 4. The van der Waals surface area contributed by atoms with Gasteiger partial charge in [0.1, 0.15) is 6.54 Å². The molecule has 0 unspecified atom stereocenters. The number of fused-ring (bicyclic) bond motifs is 3. The second kappa shape index (κ2) is 5.80. The van der Waals surface area contributed by atoms with E-state index >= 15 is 0 Å². The van der Waals surface area contributed by atoms with Crippen LogP contribution < -0.4 is 5.56 Å². The van der Waals surface area contributed by atoms with Gasteiger partial charge in [-0.2, -0.15) is 5.10 Å². The Hall–Kier alpha value is -2.48. The minimum Gasteiger partial charge on any atom is -0.277 e. The molecule has 3 aromatic heterocycles. The molecule has 0 fully saturated rings. The number of halogens is 1. The zero-order chi connectivity index (χ0) is 17.7. The average molecular weight is 401 g/mol. The predicted octanol–water partition coefficient (Wildman–Crippen LogP) is 2.69. The van der Waals surface area contributed by atoms with E-state index in [-0.39, 0.29) is 5.56 Å². The number of hydrogen-bond donors (Lipinski definition) is 0. The third kappa shape index (κ3) is 2.31. The first-order chi connectivity index (χ1) is 12.0. The fourth-order valence-electron chi connectivity index (χ4n) is 3.16. The highest BCUT2D eigenvalue weighted by Gasteiger charge is 2.17. The molecule has 0 atom stereocenters. The number of para-hydroxylation sites is 1. The molecule has 128 valence electrons. The molecule has 0 spiro atoms. The number of aromatic nitrogens is 6. The number of benzene rings is 1. The maximum absolute atomic E-state index is 12.7. The predicted molar refractivity (Wildman–Crippen MR) is 98.9 cm³/mol. The molecule has 0 aliphatic carbocycles. The van der Waals surface area contributed by atoms with Crippen molar-refractivity contribution >= 4 is 32.6 Å². The minimum absolute atomic E-state index is 0.0431. The zero-order valence-corrected chi connectivity index (χ0v) is 15.8. The van der Waals surface area contributed by atoms with Crippen LogP contribution >= 0.6 is 15.9 Å². The van der Waals surface area contributed by atoms with Gasteiger partial charge in [0.05, 0.1) is 26.8 Å². The summed E-state index contributed by atoms with van der Waals surface area (Å²) in [6.45, 7) is 6.91. The topological polar surface area (TPSA) is 70.0 Å². The average Bonchev–Trinajstić information content (AvgIpc) is 3.13. The molecule has 0 amide bonds. The summed E-state index contributed by atoms with van der Waals surface area (Å²) in [5, 5.41) is 13.8. The Morgan fingerprint density at radius 1 is 1.16 bits per heavy atom. The van der Waals surface area contributed by atoms with Gasteiger partial charge in [0.15, 0.2) is 5.82 Å². The molecule has 0 aliphatic rings. The van der Waals surface area contributed by atoms with Crippen LogP contribution in [-0.2, 0) is 13.1 Å². The van der Waals surface area contributed by atoms with Gasteiger partial charge in [-0.1, -0.05) is 12.1 Å². The van der Waals surface area contributed by atoms with Gasteiger partial charge in [0.25, 0.3) is 5.56 Å². The van der Waals surface area contributed by atoms with Crippen LogP contribution in [0.2, 0.25) is 0 Å². The molecule has 0 bridgehead atoms. The van der Waals surface area contributed by atoms with E-state index < -0.39 is 0 Å². The van der Waals surface area contributed by atoms with Crippen LogP contribution in [0, 0.1) is 13.8 Å². The second-order valence-corrected chi connectivity index (χ2v) is 6.75. The highest BCUT2D eigenvalue weighted by molar-refractivity contribution is 9.10. The van der Waals surface area contributed by atoms with Crippen LogP contribution in [0.1, 0.15) is 24.1 Å². The summed E-state index contributed by atoms with van der Waals surface area (Å²) in [7, 11) is 0. The molecule has 1 aromatic carbocycles. The van der Waals surface area contributed by atoms with Crippen molar-refractivity contribution in [2.75, 3.05) is 0 Å². The molecule has 0 radical (unpaired) electrons. The van der Waals surface area contributed by atoms with Gasteiger partial charge in [-0.15, -0.1) is 10.2 Å². The van der Waals surface area contributed by atoms with Crippen molar-refractivity contribution < 1.29 is 0 Å². The lowest BCUT2D eigenvalue weighted by Crippen LogP contribution is -2.23. The van der Waals surface area contributed by atoms with Gasteiger partial charge in [0.2, 0.25) is 5.78 Å². The SMILES string of the molecule is CCn1c(=O)c2ccccc2n2c(Cn3nc(C)c(Br)c3C)nnc12. The van der Waals surface area contributed by atoms with Crippen LogP contribution in [0.15, 0.2) is 33.5 Å². The van der Waals surface area contributed by atoms with E-state index in [9.17, 15) is 4.79 Å². The Morgan fingerprint density at radius 3 is 2.60 bits per heavy atom. The number of nitrogens with zero attached hydrogens (tertiary/aromatic N) is 6. The molecule has 8 heteroatoms. The van der Waals surface area contributed by atoms with E-state index in [0.29, 0.717) is 24.3 Å². The summed E-state index contributed by atoms with van der Waals surface area (Å²) >= 11 is 3.55. The van der Waals surface area contributed by atoms with Crippen molar-refractivity contribution in [2.24, 2.45) is 0 Å². The molecular weight excluding hydrogens is 384 g/mol. The quantitative estimate of drug-likeness (QED) is 0.529. The lowest BCUT2D eigenvalue weighted by Gasteiger charge is -2.10. The van der Waals surface area contributed by atoms with E-state index in [1.807, 2.05) is 54.1 Å². The number of aryl methyl sites for hydroxylation is 2. The van der Waals surface area contributed by atoms with E-state index in [1.54, 1.807) is 4.57 Å². The van der Waals surface area contributed by atoms with E-state index in [1.165, 1.54) is 0 Å². The highest BCUT2D eigenvalue weighted by Crippen LogP contribution is 2.21. The molecular formula is C17H17BrN6O. The van der Waals surface area contributed by atoms with Gasteiger partial charge in [-0.05, 0) is 48.8 Å². The highest BCUT2D eigenvalue weighted by atomic mass is 79.9. The van der Waals surface area contributed by atoms with Crippen molar-refractivity contribution in [3.05, 3.63) is 56.3 Å². The molecule has 0 aliphatic heterocycles. The molecule has 7 nitrogen and oxygen atoms in total. The van der Waals surface area contributed by atoms with Gasteiger partial charge in [-0.25, -0.2) is 0 Å². The standard InChI is InChI=1S/C17H17BrN6O/c1-4-22-16(25)12-7-5-6-8-13(12)24-14(19-20-17(22)24)9-23-11(3)15(18)10(2)21-23/h5-8H,4,9H2,1-3H3. The zero-order valence-electron chi connectivity index (χ0n) is 14.2. The smallest absolute Gasteiger partial charge is 0.262 e. The first kappa shape index (κ1) is 16.0. The summed E-state index contributed by atoms with van der Waals surface area (Å²) in [6, 6.07) is 7.56. The van der Waals surface area contributed by atoms with Crippen LogP contribution in [0.4, 0.5) is 0 Å². The van der Waals surface area contributed by atoms with Crippen molar-refractivity contribution in [3.63, 3.8) is 0 Å². The first-order valence-corrected chi connectivity index (χ1v) is 8.87. The molecule has 0 N–H and O–H groups in total. The molecule has 3 heterocycles. The first-order valence-electron chi connectivity index (χ1n) is 8.08. The van der Waals surface area contributed by atoms with Crippen molar-refractivity contribution in [1.82, 2.24) is 28.9 Å². The minimum atomic E-state index is -0.0431. The lowest BCUT2D eigenvalue weighted by atomic mass is 10.2. The van der Waals surface area contributed by atoms with E-state index in [0.717, 1.165) is 27.2 Å². The van der Waals surface area contributed by atoms with Crippen LogP contribution in [0.25, 0.3) is 16.7 Å². The van der Waals surface area contributed by atoms with E-state index in [4.69, 9.17) is 0 Å². The lowest BCUT2D eigenvalue weighted by molar-refractivity contribution is 0.627. The van der Waals surface area contributed by atoms with Crippen LogP contribution in [0.5, 0.6) is 0 Å². The summed E-state index contributed by atoms with van der Waals surface area (Å²) in [5.41, 5.74) is 2.73. The Bertz CT molecular complexity index is 1170.